The van der Waals surface area contributed by atoms with Gasteiger partial charge in [0.05, 0.1) is 18.1 Å². The maximum absolute atomic E-state index is 13.6. The molecule has 0 radical (unpaired) electrons. The highest BCUT2D eigenvalue weighted by molar-refractivity contribution is 6.01. The second-order valence-electron chi connectivity index (χ2n) is 6.42. The van der Waals surface area contributed by atoms with E-state index in [0.29, 0.717) is 29.7 Å². The van der Waals surface area contributed by atoms with Crippen LogP contribution in [-0.4, -0.2) is 19.0 Å². The fourth-order valence-electron chi connectivity index (χ4n) is 3.25. The SMILES string of the molecule is COC(=O)c1ccc(NC(=O)C2(c3cccc(F)c3)CCC2)c(C)c1. The average Bonchev–Trinajstić information content (AvgIpc) is 2.55. The van der Waals surface area contributed by atoms with Crippen LogP contribution in [0.25, 0.3) is 0 Å². The van der Waals surface area contributed by atoms with E-state index in [1.165, 1.54) is 19.2 Å². The van der Waals surface area contributed by atoms with E-state index in [-0.39, 0.29) is 11.7 Å². The summed E-state index contributed by atoms with van der Waals surface area (Å²) in [7, 11) is 1.33. The first-order valence-electron chi connectivity index (χ1n) is 8.23. The quantitative estimate of drug-likeness (QED) is 0.856. The van der Waals surface area contributed by atoms with Crippen molar-refractivity contribution in [3.63, 3.8) is 0 Å². The largest absolute Gasteiger partial charge is 0.465 e. The van der Waals surface area contributed by atoms with Gasteiger partial charge in [-0.3, -0.25) is 4.79 Å². The number of methoxy groups -OCH3 is 1. The lowest BCUT2D eigenvalue weighted by Gasteiger charge is -2.40. The Hall–Kier alpha value is -2.69. The van der Waals surface area contributed by atoms with Crippen LogP contribution in [0.5, 0.6) is 0 Å². The number of hydrogen-bond donors (Lipinski definition) is 1. The van der Waals surface area contributed by atoms with Gasteiger partial charge in [-0.25, -0.2) is 9.18 Å². The second kappa shape index (κ2) is 6.67. The van der Waals surface area contributed by atoms with Crippen LogP contribution in [0.15, 0.2) is 42.5 Å². The Kier molecular flexibility index (Phi) is 4.57. The van der Waals surface area contributed by atoms with E-state index in [9.17, 15) is 14.0 Å². The smallest absolute Gasteiger partial charge is 0.337 e. The number of nitrogens with one attached hydrogen (secondary N) is 1. The first-order valence-corrected chi connectivity index (χ1v) is 8.23. The number of halogens is 1. The number of carbonyl (C=O) groups excluding carboxylic acids is 2. The molecule has 1 amide bonds. The zero-order chi connectivity index (χ0) is 18.0. The maximum atomic E-state index is 13.6. The predicted molar refractivity (Wildman–Crippen MR) is 93.1 cm³/mol. The molecule has 0 bridgehead atoms. The van der Waals surface area contributed by atoms with Crippen molar-refractivity contribution in [3.05, 3.63) is 65.0 Å². The normalized spacial score (nSPS) is 15.2. The fraction of sp³-hybridized carbons (Fsp3) is 0.300. The lowest BCUT2D eigenvalue weighted by Crippen LogP contribution is -2.46. The summed E-state index contributed by atoms with van der Waals surface area (Å²) in [5.74, 6) is -0.898. The molecule has 0 atom stereocenters. The third kappa shape index (κ3) is 3.14. The van der Waals surface area contributed by atoms with Crippen molar-refractivity contribution < 1.29 is 18.7 Å². The van der Waals surface area contributed by atoms with E-state index in [0.717, 1.165) is 12.0 Å². The van der Waals surface area contributed by atoms with Gasteiger partial charge in [0.15, 0.2) is 0 Å². The Labute approximate surface area is 146 Å². The molecule has 3 rings (SSSR count). The van der Waals surface area contributed by atoms with Crippen molar-refractivity contribution in [2.75, 3.05) is 12.4 Å². The Bertz CT molecular complexity index is 827. The van der Waals surface area contributed by atoms with Crippen LogP contribution in [0.1, 0.15) is 40.7 Å². The molecule has 0 aromatic heterocycles. The minimum Gasteiger partial charge on any atom is -0.465 e. The monoisotopic (exact) mass is 341 g/mol. The molecule has 1 aliphatic rings. The van der Waals surface area contributed by atoms with Gasteiger partial charge in [0.25, 0.3) is 0 Å². The standard InChI is InChI=1S/C20H20FNO3/c1-13-11-14(18(23)25-2)7-8-17(13)22-19(24)20(9-4-10-20)15-5-3-6-16(21)12-15/h3,5-8,11-12H,4,9-10H2,1-2H3,(H,22,24). The summed E-state index contributed by atoms with van der Waals surface area (Å²) in [4.78, 5) is 24.5. The molecule has 0 spiro atoms. The van der Waals surface area contributed by atoms with E-state index in [2.05, 4.69) is 5.32 Å². The molecule has 2 aromatic rings. The first-order chi connectivity index (χ1) is 12.0. The molecule has 1 fully saturated rings. The fourth-order valence-corrected chi connectivity index (χ4v) is 3.25. The Morgan fingerprint density at radius 3 is 2.48 bits per heavy atom. The van der Waals surface area contributed by atoms with Crippen LogP contribution in [0.2, 0.25) is 0 Å². The van der Waals surface area contributed by atoms with Crippen molar-refractivity contribution in [2.24, 2.45) is 0 Å². The van der Waals surface area contributed by atoms with Gasteiger partial charge in [-0.15, -0.1) is 0 Å². The minimum absolute atomic E-state index is 0.140. The van der Waals surface area contributed by atoms with Gasteiger partial charge in [0.1, 0.15) is 5.82 Å². The Balaban J connectivity index is 1.85. The number of carbonyl (C=O) groups is 2. The number of anilines is 1. The summed E-state index contributed by atoms with van der Waals surface area (Å²) >= 11 is 0. The van der Waals surface area contributed by atoms with Gasteiger partial charge in [0, 0.05) is 5.69 Å². The second-order valence-corrected chi connectivity index (χ2v) is 6.42. The molecule has 0 heterocycles. The molecular formula is C20H20FNO3. The van der Waals surface area contributed by atoms with E-state index in [1.54, 1.807) is 30.3 Å². The molecule has 0 aliphatic heterocycles. The summed E-state index contributed by atoms with van der Waals surface area (Å²) in [6, 6.07) is 11.2. The van der Waals surface area contributed by atoms with E-state index < -0.39 is 11.4 Å². The highest BCUT2D eigenvalue weighted by Crippen LogP contribution is 2.44. The van der Waals surface area contributed by atoms with Crippen LogP contribution < -0.4 is 5.32 Å². The van der Waals surface area contributed by atoms with Crippen molar-refractivity contribution in [1.29, 1.82) is 0 Å². The lowest BCUT2D eigenvalue weighted by molar-refractivity contribution is -0.124. The molecule has 1 aliphatic carbocycles. The lowest BCUT2D eigenvalue weighted by atomic mass is 9.63. The van der Waals surface area contributed by atoms with Crippen LogP contribution in [-0.2, 0) is 14.9 Å². The highest BCUT2D eigenvalue weighted by atomic mass is 19.1. The van der Waals surface area contributed by atoms with Crippen LogP contribution in [0.4, 0.5) is 10.1 Å². The van der Waals surface area contributed by atoms with Gasteiger partial charge < -0.3 is 10.1 Å². The number of hydrogen-bond acceptors (Lipinski definition) is 3. The van der Waals surface area contributed by atoms with Crippen LogP contribution in [0, 0.1) is 12.7 Å². The number of esters is 1. The molecule has 2 aromatic carbocycles. The zero-order valence-electron chi connectivity index (χ0n) is 14.3. The summed E-state index contributed by atoms with van der Waals surface area (Å²) in [5.41, 5.74) is 1.86. The Morgan fingerprint density at radius 2 is 1.92 bits per heavy atom. The number of rotatable bonds is 4. The maximum Gasteiger partial charge on any atom is 0.337 e. The summed E-state index contributed by atoms with van der Waals surface area (Å²) in [5, 5.41) is 2.94. The number of ether oxygens (including phenoxy) is 1. The highest BCUT2D eigenvalue weighted by Gasteiger charge is 2.45. The molecule has 1 N–H and O–H groups in total. The number of benzene rings is 2. The molecule has 0 saturated heterocycles. The molecule has 1 saturated carbocycles. The molecular weight excluding hydrogens is 321 g/mol. The number of amides is 1. The molecule has 4 nitrogen and oxygen atoms in total. The first kappa shape index (κ1) is 17.1. The summed E-state index contributed by atoms with van der Waals surface area (Å²) in [6.07, 6.45) is 2.33. The predicted octanol–water partition coefficient (Wildman–Crippen LogP) is 3.98. The van der Waals surface area contributed by atoms with Crippen molar-refractivity contribution in [3.8, 4) is 0 Å². The topological polar surface area (TPSA) is 55.4 Å². The Morgan fingerprint density at radius 1 is 1.16 bits per heavy atom. The van der Waals surface area contributed by atoms with Crippen LogP contribution in [0.3, 0.4) is 0 Å². The van der Waals surface area contributed by atoms with Gasteiger partial charge in [-0.05, 0) is 61.2 Å². The van der Waals surface area contributed by atoms with Crippen molar-refractivity contribution in [2.45, 2.75) is 31.6 Å². The van der Waals surface area contributed by atoms with Gasteiger partial charge >= 0.3 is 5.97 Å². The third-order valence-electron chi connectivity index (χ3n) is 4.91. The van der Waals surface area contributed by atoms with E-state index in [1.807, 2.05) is 6.92 Å². The van der Waals surface area contributed by atoms with E-state index >= 15 is 0 Å². The van der Waals surface area contributed by atoms with Gasteiger partial charge in [-0.2, -0.15) is 0 Å². The van der Waals surface area contributed by atoms with Crippen molar-refractivity contribution in [1.82, 2.24) is 0 Å². The van der Waals surface area contributed by atoms with Crippen molar-refractivity contribution >= 4 is 17.6 Å². The summed E-state index contributed by atoms with van der Waals surface area (Å²) < 4.78 is 18.3. The molecule has 5 heteroatoms. The van der Waals surface area contributed by atoms with E-state index in [4.69, 9.17) is 4.74 Å². The van der Waals surface area contributed by atoms with Crippen LogP contribution >= 0.6 is 0 Å². The summed E-state index contributed by atoms with van der Waals surface area (Å²) in [6.45, 7) is 1.82. The zero-order valence-corrected chi connectivity index (χ0v) is 14.3. The third-order valence-corrected chi connectivity index (χ3v) is 4.91. The average molecular weight is 341 g/mol. The minimum atomic E-state index is -0.685. The van der Waals surface area contributed by atoms with Gasteiger partial charge in [0.2, 0.25) is 5.91 Å². The molecule has 130 valence electrons. The molecule has 25 heavy (non-hydrogen) atoms. The van der Waals surface area contributed by atoms with Gasteiger partial charge in [-0.1, -0.05) is 18.6 Å². The number of aryl methyl sites for hydroxylation is 1. The molecule has 0 unspecified atom stereocenters.